The van der Waals surface area contributed by atoms with Gasteiger partial charge in [0.15, 0.2) is 6.61 Å². The van der Waals surface area contributed by atoms with Gasteiger partial charge in [-0.3, -0.25) is 0 Å². The number of aromatic nitrogens is 3. The van der Waals surface area contributed by atoms with Crippen molar-refractivity contribution in [3.63, 3.8) is 0 Å². The Labute approximate surface area is 172 Å². The van der Waals surface area contributed by atoms with Gasteiger partial charge in [-0.2, -0.15) is 4.98 Å². The molecular formula is C21H22FN3O5. The van der Waals surface area contributed by atoms with Crippen LogP contribution in [0.3, 0.4) is 0 Å². The monoisotopic (exact) mass is 415 g/mol. The second kappa shape index (κ2) is 8.48. The summed E-state index contributed by atoms with van der Waals surface area (Å²) >= 11 is 0. The van der Waals surface area contributed by atoms with Gasteiger partial charge in [-0.15, -0.1) is 0 Å². The third-order valence-electron chi connectivity index (χ3n) is 4.41. The van der Waals surface area contributed by atoms with Crippen LogP contribution in [0.15, 0.2) is 22.7 Å². The number of esters is 2. The van der Waals surface area contributed by atoms with Gasteiger partial charge < -0.3 is 19.0 Å². The Hall–Kier alpha value is -3.49. The van der Waals surface area contributed by atoms with E-state index < -0.39 is 11.9 Å². The second-order valence-corrected chi connectivity index (χ2v) is 7.13. The molecule has 1 N–H and O–H groups in total. The Morgan fingerprint density at radius 1 is 1.20 bits per heavy atom. The highest BCUT2D eigenvalue weighted by molar-refractivity contribution is 5.98. The number of hydrogen-bond acceptors (Lipinski definition) is 7. The molecule has 0 atom stereocenters. The molecule has 158 valence electrons. The number of ether oxygens (including phenoxy) is 2. The summed E-state index contributed by atoms with van der Waals surface area (Å²) in [5.74, 6) is -1.33. The van der Waals surface area contributed by atoms with Crippen LogP contribution in [0.4, 0.5) is 4.39 Å². The first-order chi connectivity index (χ1) is 14.2. The Morgan fingerprint density at radius 2 is 1.93 bits per heavy atom. The van der Waals surface area contributed by atoms with Crippen molar-refractivity contribution in [2.45, 2.75) is 47.3 Å². The molecule has 9 heteroatoms. The zero-order valence-electron chi connectivity index (χ0n) is 17.3. The molecule has 0 bridgehead atoms. The summed E-state index contributed by atoms with van der Waals surface area (Å²) in [5.41, 5.74) is 2.34. The van der Waals surface area contributed by atoms with Crippen LogP contribution in [-0.2, 0) is 16.1 Å². The Morgan fingerprint density at radius 3 is 2.60 bits per heavy atom. The van der Waals surface area contributed by atoms with Gasteiger partial charge >= 0.3 is 11.9 Å². The molecule has 0 amide bonds. The molecule has 0 saturated carbocycles. The lowest BCUT2D eigenvalue weighted by Gasteiger charge is -2.08. The number of halogens is 1. The van der Waals surface area contributed by atoms with Crippen LogP contribution < -0.4 is 0 Å². The lowest BCUT2D eigenvalue weighted by molar-refractivity contribution is 0.0376. The number of aryl methyl sites for hydroxylation is 2. The highest BCUT2D eigenvalue weighted by Gasteiger charge is 2.25. The molecule has 0 spiro atoms. The van der Waals surface area contributed by atoms with E-state index in [1.807, 2.05) is 0 Å². The zero-order valence-corrected chi connectivity index (χ0v) is 17.3. The maximum atomic E-state index is 13.7. The standard InChI is InChI=1S/C21H22FN3O5/c1-10(2)29-20(26)17-12(4)18(23-13(17)5)21(27)28-9-16-24-19(25-30-16)14-7-6-11(3)15(22)8-14/h6-8,10,23H,9H2,1-5H3. The number of aromatic amines is 1. The number of carbonyl (C=O) groups excluding carboxylic acids is 2. The summed E-state index contributed by atoms with van der Waals surface area (Å²) in [5, 5.41) is 3.78. The minimum absolute atomic E-state index is 0.0553. The molecule has 1 aromatic carbocycles. The fraction of sp³-hybridized carbons (Fsp3) is 0.333. The minimum Gasteiger partial charge on any atom is -0.459 e. The number of carbonyl (C=O) groups is 2. The fourth-order valence-corrected chi connectivity index (χ4v) is 2.90. The minimum atomic E-state index is -0.680. The Kier molecular flexibility index (Phi) is 6.00. The fourth-order valence-electron chi connectivity index (χ4n) is 2.90. The summed E-state index contributed by atoms with van der Waals surface area (Å²) in [6, 6.07) is 4.58. The quantitative estimate of drug-likeness (QED) is 0.605. The maximum absolute atomic E-state index is 13.7. The molecule has 0 saturated heterocycles. The van der Waals surface area contributed by atoms with E-state index in [1.54, 1.807) is 46.8 Å². The molecule has 8 nitrogen and oxygen atoms in total. The van der Waals surface area contributed by atoms with E-state index in [4.69, 9.17) is 14.0 Å². The molecule has 2 heterocycles. The summed E-state index contributed by atoms with van der Waals surface area (Å²) < 4.78 is 29.2. The van der Waals surface area contributed by atoms with Crippen molar-refractivity contribution in [2.75, 3.05) is 0 Å². The number of benzene rings is 1. The van der Waals surface area contributed by atoms with Crippen molar-refractivity contribution in [3.8, 4) is 11.4 Å². The van der Waals surface area contributed by atoms with E-state index in [-0.39, 0.29) is 35.9 Å². The van der Waals surface area contributed by atoms with E-state index in [2.05, 4.69) is 15.1 Å². The van der Waals surface area contributed by atoms with E-state index in [1.165, 1.54) is 6.07 Å². The number of nitrogens with one attached hydrogen (secondary N) is 1. The SMILES string of the molecule is Cc1ccc(-c2noc(COC(=O)c3[nH]c(C)c(C(=O)OC(C)C)c3C)n2)cc1F. The van der Waals surface area contributed by atoms with Crippen LogP contribution in [0.5, 0.6) is 0 Å². The van der Waals surface area contributed by atoms with Gasteiger partial charge in [0.2, 0.25) is 5.82 Å². The van der Waals surface area contributed by atoms with Crippen LogP contribution in [0.1, 0.15) is 57.4 Å². The van der Waals surface area contributed by atoms with Crippen molar-refractivity contribution in [3.05, 3.63) is 58.0 Å². The van der Waals surface area contributed by atoms with Gasteiger partial charge in [0.05, 0.1) is 11.7 Å². The lowest BCUT2D eigenvalue weighted by atomic mass is 10.1. The first-order valence-electron chi connectivity index (χ1n) is 9.33. The van der Waals surface area contributed by atoms with Crippen LogP contribution in [0.25, 0.3) is 11.4 Å². The smallest absolute Gasteiger partial charge is 0.355 e. The highest BCUT2D eigenvalue weighted by Crippen LogP contribution is 2.22. The summed E-state index contributed by atoms with van der Waals surface area (Å²) in [4.78, 5) is 31.7. The topological polar surface area (TPSA) is 107 Å². The second-order valence-electron chi connectivity index (χ2n) is 7.13. The van der Waals surface area contributed by atoms with Gasteiger partial charge in [-0.25, -0.2) is 14.0 Å². The predicted octanol–water partition coefficient (Wildman–Crippen LogP) is 4.05. The molecule has 30 heavy (non-hydrogen) atoms. The van der Waals surface area contributed by atoms with Gasteiger partial charge in [-0.1, -0.05) is 17.3 Å². The van der Waals surface area contributed by atoms with Gasteiger partial charge in [0.25, 0.3) is 5.89 Å². The van der Waals surface area contributed by atoms with Crippen LogP contribution in [0, 0.1) is 26.6 Å². The highest BCUT2D eigenvalue weighted by atomic mass is 19.1. The zero-order chi connectivity index (χ0) is 22.0. The third kappa shape index (κ3) is 4.40. The van der Waals surface area contributed by atoms with Gasteiger partial charge in [0.1, 0.15) is 11.5 Å². The van der Waals surface area contributed by atoms with Gasteiger partial charge in [-0.05, 0) is 51.8 Å². The number of hydrogen-bond donors (Lipinski definition) is 1. The molecule has 0 unspecified atom stereocenters. The number of nitrogens with zero attached hydrogens (tertiary/aromatic N) is 2. The average molecular weight is 415 g/mol. The molecule has 0 aliphatic carbocycles. The summed E-state index contributed by atoms with van der Waals surface area (Å²) in [6.07, 6.45) is -0.282. The molecule has 0 fully saturated rings. The maximum Gasteiger partial charge on any atom is 0.355 e. The molecule has 3 aromatic rings. The average Bonchev–Trinajstić information content (AvgIpc) is 3.26. The molecule has 0 aliphatic rings. The van der Waals surface area contributed by atoms with Gasteiger partial charge in [0, 0.05) is 11.3 Å². The summed E-state index contributed by atoms with van der Waals surface area (Å²) in [7, 11) is 0. The normalized spacial score (nSPS) is 11.0. The summed E-state index contributed by atoms with van der Waals surface area (Å²) in [6.45, 7) is 8.17. The first kappa shape index (κ1) is 21.2. The van der Waals surface area contributed by atoms with Crippen molar-refractivity contribution in [1.29, 1.82) is 0 Å². The van der Waals surface area contributed by atoms with Crippen molar-refractivity contribution >= 4 is 11.9 Å². The lowest BCUT2D eigenvalue weighted by Crippen LogP contribution is -2.13. The van der Waals surface area contributed by atoms with Crippen molar-refractivity contribution in [1.82, 2.24) is 15.1 Å². The molecule has 0 aliphatic heterocycles. The molecule has 0 radical (unpaired) electrons. The Balaban J connectivity index is 1.70. The van der Waals surface area contributed by atoms with E-state index in [9.17, 15) is 14.0 Å². The van der Waals surface area contributed by atoms with E-state index in [0.29, 0.717) is 27.9 Å². The largest absolute Gasteiger partial charge is 0.459 e. The molecular weight excluding hydrogens is 393 g/mol. The van der Waals surface area contributed by atoms with Crippen LogP contribution in [0.2, 0.25) is 0 Å². The van der Waals surface area contributed by atoms with E-state index in [0.717, 1.165) is 0 Å². The first-order valence-corrected chi connectivity index (χ1v) is 9.33. The number of rotatable bonds is 6. The molecule has 2 aromatic heterocycles. The van der Waals surface area contributed by atoms with E-state index >= 15 is 0 Å². The Bertz CT molecular complexity index is 1100. The number of H-pyrrole nitrogens is 1. The van der Waals surface area contributed by atoms with Crippen molar-refractivity contribution < 1.29 is 28.0 Å². The van der Waals surface area contributed by atoms with Crippen LogP contribution in [-0.4, -0.2) is 33.2 Å². The molecule has 3 rings (SSSR count). The third-order valence-corrected chi connectivity index (χ3v) is 4.41. The van der Waals surface area contributed by atoms with Crippen molar-refractivity contribution in [2.24, 2.45) is 0 Å². The van der Waals surface area contributed by atoms with Crippen LogP contribution >= 0.6 is 0 Å². The predicted molar refractivity (Wildman–Crippen MR) is 104 cm³/mol.